The molecule has 0 radical (unpaired) electrons. The van der Waals surface area contributed by atoms with E-state index < -0.39 is 0 Å². The number of anilines is 1. The van der Waals surface area contributed by atoms with Crippen LogP contribution in [0.5, 0.6) is 0 Å². The summed E-state index contributed by atoms with van der Waals surface area (Å²) >= 11 is 0. The fourth-order valence-electron chi connectivity index (χ4n) is 4.34. The molecule has 0 unspecified atom stereocenters. The van der Waals surface area contributed by atoms with E-state index in [1.165, 1.54) is 25.0 Å². The van der Waals surface area contributed by atoms with Gasteiger partial charge in [0.15, 0.2) is 0 Å². The predicted molar refractivity (Wildman–Crippen MR) is 116 cm³/mol. The number of hydrogen-bond donors (Lipinski definition) is 2. The molecule has 2 N–H and O–H groups in total. The van der Waals surface area contributed by atoms with E-state index >= 15 is 0 Å². The Balaban J connectivity index is 1.43. The first-order chi connectivity index (χ1) is 14.7. The summed E-state index contributed by atoms with van der Waals surface area (Å²) in [6.07, 6.45) is 5.69. The van der Waals surface area contributed by atoms with E-state index in [0.29, 0.717) is 34.7 Å². The first kappa shape index (κ1) is 21.0. The smallest absolute Gasteiger partial charge is 0.252 e. The van der Waals surface area contributed by atoms with Gasteiger partial charge in [0.05, 0.1) is 11.1 Å². The van der Waals surface area contributed by atoms with Crippen molar-refractivity contribution >= 4 is 22.6 Å². The number of benzene rings is 1. The van der Waals surface area contributed by atoms with Crippen LogP contribution in [0, 0.1) is 11.7 Å². The largest absolute Gasteiger partial charge is 0.381 e. The highest BCUT2D eigenvalue weighted by Crippen LogP contribution is 2.23. The second-order valence-electron chi connectivity index (χ2n) is 8.29. The van der Waals surface area contributed by atoms with Gasteiger partial charge in [-0.15, -0.1) is 0 Å². The monoisotopic (exact) mass is 414 g/mol. The molecule has 6 nitrogen and oxygen atoms in total. The number of amides is 1. The van der Waals surface area contributed by atoms with Crippen LogP contribution in [0.3, 0.4) is 0 Å². The van der Waals surface area contributed by atoms with Crippen molar-refractivity contribution in [1.82, 2.24) is 15.2 Å². The molecule has 0 saturated carbocycles. The summed E-state index contributed by atoms with van der Waals surface area (Å²) in [5.74, 6) is 0.773. The molecule has 2 aliphatic heterocycles. The Bertz CT molecular complexity index is 864. The van der Waals surface area contributed by atoms with E-state index in [0.717, 1.165) is 58.7 Å². The standard InChI is InChI=1S/C23H31FN4O2/c24-18-3-4-21-19(15-18)20(23(29)26-9-12-28-10-1-2-11-28)16-22(27-21)25-8-5-17-6-13-30-14-7-17/h3-4,15-17H,1-2,5-14H2,(H,25,27)(H,26,29). The van der Waals surface area contributed by atoms with E-state index in [1.54, 1.807) is 12.1 Å². The van der Waals surface area contributed by atoms with Crippen LogP contribution in [-0.4, -0.2) is 61.7 Å². The Kier molecular flexibility index (Phi) is 7.12. The number of nitrogens with one attached hydrogen (secondary N) is 2. The molecule has 0 aliphatic carbocycles. The SMILES string of the molecule is O=C(NCCN1CCCC1)c1cc(NCCC2CCOCC2)nc2ccc(F)cc12. The van der Waals surface area contributed by atoms with E-state index in [4.69, 9.17) is 4.74 Å². The van der Waals surface area contributed by atoms with Crippen molar-refractivity contribution in [3.8, 4) is 0 Å². The average molecular weight is 415 g/mol. The van der Waals surface area contributed by atoms with Crippen molar-refractivity contribution in [2.24, 2.45) is 5.92 Å². The number of rotatable bonds is 8. The van der Waals surface area contributed by atoms with Gasteiger partial charge in [-0.05, 0) is 75.4 Å². The van der Waals surface area contributed by atoms with Crippen LogP contribution in [0.2, 0.25) is 0 Å². The molecule has 4 rings (SSSR count). The number of halogens is 1. The molecule has 0 atom stereocenters. The van der Waals surface area contributed by atoms with Gasteiger partial charge in [0, 0.05) is 38.2 Å². The highest BCUT2D eigenvalue weighted by atomic mass is 19.1. The summed E-state index contributed by atoms with van der Waals surface area (Å²) in [6.45, 7) is 6.10. The van der Waals surface area contributed by atoms with Crippen LogP contribution >= 0.6 is 0 Å². The number of carbonyl (C=O) groups excluding carboxylic acids is 1. The lowest BCUT2D eigenvalue weighted by atomic mass is 9.97. The van der Waals surface area contributed by atoms with Crippen LogP contribution in [0.15, 0.2) is 24.3 Å². The van der Waals surface area contributed by atoms with Crippen molar-refractivity contribution in [3.05, 3.63) is 35.6 Å². The van der Waals surface area contributed by atoms with E-state index in [-0.39, 0.29) is 11.7 Å². The third-order valence-electron chi connectivity index (χ3n) is 6.13. The number of pyridine rings is 1. The Labute approximate surface area is 177 Å². The lowest BCUT2D eigenvalue weighted by Crippen LogP contribution is -2.33. The van der Waals surface area contributed by atoms with Gasteiger partial charge in [0.25, 0.3) is 5.91 Å². The van der Waals surface area contributed by atoms with Crippen molar-refractivity contribution in [2.45, 2.75) is 32.1 Å². The Morgan fingerprint density at radius 1 is 1.17 bits per heavy atom. The molecule has 2 saturated heterocycles. The van der Waals surface area contributed by atoms with Gasteiger partial charge in [-0.25, -0.2) is 9.37 Å². The van der Waals surface area contributed by atoms with E-state index in [9.17, 15) is 9.18 Å². The fraction of sp³-hybridized carbons (Fsp3) is 0.565. The first-order valence-electron chi connectivity index (χ1n) is 11.1. The maximum Gasteiger partial charge on any atom is 0.252 e. The normalized spacial score (nSPS) is 18.0. The zero-order chi connectivity index (χ0) is 20.8. The van der Waals surface area contributed by atoms with Crippen molar-refractivity contribution < 1.29 is 13.9 Å². The molecular weight excluding hydrogens is 383 g/mol. The molecule has 7 heteroatoms. The van der Waals surface area contributed by atoms with Crippen molar-refractivity contribution in [2.75, 3.05) is 51.3 Å². The van der Waals surface area contributed by atoms with Crippen LogP contribution < -0.4 is 10.6 Å². The minimum absolute atomic E-state index is 0.181. The molecule has 3 heterocycles. The molecule has 2 aliphatic rings. The maximum atomic E-state index is 13.9. The lowest BCUT2D eigenvalue weighted by molar-refractivity contribution is 0.0649. The van der Waals surface area contributed by atoms with Crippen LogP contribution in [0.4, 0.5) is 10.2 Å². The highest BCUT2D eigenvalue weighted by Gasteiger charge is 2.17. The van der Waals surface area contributed by atoms with Gasteiger partial charge >= 0.3 is 0 Å². The second-order valence-corrected chi connectivity index (χ2v) is 8.29. The summed E-state index contributed by atoms with van der Waals surface area (Å²) in [5, 5.41) is 6.91. The third-order valence-corrected chi connectivity index (χ3v) is 6.13. The molecule has 1 aromatic carbocycles. The van der Waals surface area contributed by atoms with Gasteiger partial charge in [-0.3, -0.25) is 4.79 Å². The fourth-order valence-corrected chi connectivity index (χ4v) is 4.34. The van der Waals surface area contributed by atoms with Gasteiger partial charge in [0.1, 0.15) is 11.6 Å². The Hall–Kier alpha value is -2.25. The summed E-state index contributed by atoms with van der Waals surface area (Å²) in [5.41, 5.74) is 1.09. The highest BCUT2D eigenvalue weighted by molar-refractivity contribution is 6.07. The van der Waals surface area contributed by atoms with Crippen LogP contribution in [-0.2, 0) is 4.74 Å². The molecule has 0 bridgehead atoms. The van der Waals surface area contributed by atoms with E-state index in [2.05, 4.69) is 20.5 Å². The molecule has 30 heavy (non-hydrogen) atoms. The lowest BCUT2D eigenvalue weighted by Gasteiger charge is -2.22. The number of carbonyl (C=O) groups is 1. The van der Waals surface area contributed by atoms with Crippen LogP contribution in [0.25, 0.3) is 10.9 Å². The molecule has 2 aromatic rings. The second kappa shape index (κ2) is 10.2. The maximum absolute atomic E-state index is 13.9. The quantitative estimate of drug-likeness (QED) is 0.693. The minimum atomic E-state index is -0.365. The summed E-state index contributed by atoms with van der Waals surface area (Å²) in [4.78, 5) is 19.8. The van der Waals surface area contributed by atoms with Gasteiger partial charge in [-0.1, -0.05) is 0 Å². The van der Waals surface area contributed by atoms with Gasteiger partial charge < -0.3 is 20.3 Å². The molecule has 1 aromatic heterocycles. The molecule has 2 fully saturated rings. The van der Waals surface area contributed by atoms with Crippen molar-refractivity contribution in [3.63, 3.8) is 0 Å². The van der Waals surface area contributed by atoms with Crippen LogP contribution in [0.1, 0.15) is 42.5 Å². The average Bonchev–Trinajstić information content (AvgIpc) is 3.27. The Morgan fingerprint density at radius 2 is 1.97 bits per heavy atom. The van der Waals surface area contributed by atoms with Gasteiger partial charge in [-0.2, -0.15) is 0 Å². The number of aromatic nitrogens is 1. The molecule has 0 spiro atoms. The van der Waals surface area contributed by atoms with Gasteiger partial charge in [0.2, 0.25) is 0 Å². The predicted octanol–water partition coefficient (Wildman–Crippen LogP) is 3.43. The number of fused-ring (bicyclic) bond motifs is 1. The number of hydrogen-bond acceptors (Lipinski definition) is 5. The summed E-state index contributed by atoms with van der Waals surface area (Å²) in [7, 11) is 0. The first-order valence-corrected chi connectivity index (χ1v) is 11.1. The minimum Gasteiger partial charge on any atom is -0.381 e. The van der Waals surface area contributed by atoms with Crippen molar-refractivity contribution in [1.29, 1.82) is 0 Å². The topological polar surface area (TPSA) is 66.5 Å². The number of likely N-dealkylation sites (tertiary alicyclic amines) is 1. The van der Waals surface area contributed by atoms with E-state index in [1.807, 2.05) is 0 Å². The number of nitrogens with zero attached hydrogens (tertiary/aromatic N) is 2. The molecule has 162 valence electrons. The summed E-state index contributed by atoms with van der Waals surface area (Å²) in [6, 6.07) is 6.16. The summed E-state index contributed by atoms with van der Waals surface area (Å²) < 4.78 is 19.3. The zero-order valence-corrected chi connectivity index (χ0v) is 17.5. The third kappa shape index (κ3) is 5.46. The molecular formula is C23H31FN4O2. The number of ether oxygens (including phenoxy) is 1. The molecule has 1 amide bonds. The Morgan fingerprint density at radius 3 is 2.77 bits per heavy atom. The zero-order valence-electron chi connectivity index (χ0n) is 17.5.